The normalized spacial score (nSPS) is 25.0. The molecule has 3 nitrogen and oxygen atoms in total. The molecule has 1 atom stereocenters. The van der Waals surface area contributed by atoms with Crippen LogP contribution in [0.5, 0.6) is 0 Å². The van der Waals surface area contributed by atoms with Crippen molar-refractivity contribution < 1.29 is 4.79 Å². The molecule has 0 bridgehead atoms. The molecule has 1 aromatic rings. The summed E-state index contributed by atoms with van der Waals surface area (Å²) in [5, 5.41) is 0. The van der Waals surface area contributed by atoms with Crippen molar-refractivity contribution in [2.24, 2.45) is 11.8 Å². The van der Waals surface area contributed by atoms with Crippen molar-refractivity contribution in [3.63, 3.8) is 0 Å². The number of likely N-dealkylation sites (tertiary alicyclic amines) is 1. The molecule has 0 N–H and O–H groups in total. The van der Waals surface area contributed by atoms with E-state index in [2.05, 4.69) is 46.2 Å². The molecule has 1 aliphatic carbocycles. The van der Waals surface area contributed by atoms with Gasteiger partial charge in [-0.1, -0.05) is 36.4 Å². The Morgan fingerprint density at radius 1 is 1.00 bits per heavy atom. The van der Waals surface area contributed by atoms with Crippen molar-refractivity contribution in [3.05, 3.63) is 47.5 Å². The van der Waals surface area contributed by atoms with Crippen LogP contribution < -0.4 is 0 Å². The minimum absolute atomic E-state index is 0.243. The fourth-order valence-electron chi connectivity index (χ4n) is 4.69. The molecule has 1 amide bonds. The predicted molar refractivity (Wildman–Crippen MR) is 101 cm³/mol. The van der Waals surface area contributed by atoms with Crippen molar-refractivity contribution in [2.75, 3.05) is 26.2 Å². The lowest BCUT2D eigenvalue weighted by molar-refractivity contribution is -0.138. The highest BCUT2D eigenvalue weighted by Gasteiger charge is 2.30. The van der Waals surface area contributed by atoms with Gasteiger partial charge in [-0.3, -0.25) is 4.79 Å². The Morgan fingerprint density at radius 3 is 2.56 bits per heavy atom. The Balaban J connectivity index is 1.28. The molecule has 0 unspecified atom stereocenters. The van der Waals surface area contributed by atoms with E-state index in [0.29, 0.717) is 5.91 Å². The average molecular weight is 338 g/mol. The van der Waals surface area contributed by atoms with Crippen LogP contribution in [0.2, 0.25) is 0 Å². The third-order valence-corrected chi connectivity index (χ3v) is 6.27. The first kappa shape index (κ1) is 16.8. The molecule has 2 heterocycles. The first-order valence-electron chi connectivity index (χ1n) is 10.0. The Labute approximate surface area is 151 Å². The summed E-state index contributed by atoms with van der Waals surface area (Å²) in [6.45, 7) is 5.12. The van der Waals surface area contributed by atoms with Crippen LogP contribution in [-0.4, -0.2) is 41.9 Å². The molecule has 134 valence electrons. The molecule has 1 saturated heterocycles. The first-order valence-corrected chi connectivity index (χ1v) is 10.0. The van der Waals surface area contributed by atoms with Crippen molar-refractivity contribution >= 4 is 5.91 Å². The zero-order valence-corrected chi connectivity index (χ0v) is 15.2. The van der Waals surface area contributed by atoms with E-state index in [-0.39, 0.29) is 5.92 Å². The van der Waals surface area contributed by atoms with Crippen LogP contribution in [0, 0.1) is 11.8 Å². The maximum Gasteiger partial charge on any atom is 0.226 e. The first-order chi connectivity index (χ1) is 12.3. The van der Waals surface area contributed by atoms with Gasteiger partial charge in [0.15, 0.2) is 0 Å². The molecule has 0 radical (unpaired) electrons. The van der Waals surface area contributed by atoms with Gasteiger partial charge >= 0.3 is 0 Å². The average Bonchev–Trinajstić information content (AvgIpc) is 2.68. The van der Waals surface area contributed by atoms with E-state index in [9.17, 15) is 4.79 Å². The summed E-state index contributed by atoms with van der Waals surface area (Å²) in [5.41, 5.74) is 2.76. The van der Waals surface area contributed by atoms with E-state index in [1.165, 1.54) is 36.9 Å². The maximum atomic E-state index is 13.0. The summed E-state index contributed by atoms with van der Waals surface area (Å²) >= 11 is 0. The van der Waals surface area contributed by atoms with Crippen LogP contribution in [-0.2, 0) is 17.8 Å². The second kappa shape index (κ2) is 7.74. The third kappa shape index (κ3) is 3.98. The molecule has 0 saturated carbocycles. The summed E-state index contributed by atoms with van der Waals surface area (Å²) in [7, 11) is 0. The Morgan fingerprint density at radius 2 is 1.80 bits per heavy atom. The number of rotatable bonds is 3. The number of carbonyl (C=O) groups is 1. The minimum atomic E-state index is 0.243. The fourth-order valence-corrected chi connectivity index (χ4v) is 4.69. The van der Waals surface area contributed by atoms with Crippen molar-refractivity contribution in [3.8, 4) is 0 Å². The van der Waals surface area contributed by atoms with Gasteiger partial charge in [-0.15, -0.1) is 0 Å². The van der Waals surface area contributed by atoms with Gasteiger partial charge in [0.1, 0.15) is 0 Å². The van der Waals surface area contributed by atoms with E-state index in [0.717, 1.165) is 51.4 Å². The molecule has 1 aromatic carbocycles. The molecule has 4 rings (SSSR count). The highest BCUT2D eigenvalue weighted by Crippen LogP contribution is 2.26. The van der Waals surface area contributed by atoms with E-state index in [4.69, 9.17) is 0 Å². The van der Waals surface area contributed by atoms with Gasteiger partial charge in [0, 0.05) is 25.6 Å². The third-order valence-electron chi connectivity index (χ3n) is 6.27. The number of amides is 1. The standard InChI is InChI=1S/C22H30N2O/c25-22(24-15-12-19-8-4-5-9-21(19)17-24)20-10-13-23(14-11-20)16-18-6-2-1-3-7-18/h1-2,4-5,8-9,18,20H,3,6-7,10-17H2/t18-/m0/s1. The maximum absolute atomic E-state index is 13.0. The van der Waals surface area contributed by atoms with Crippen LogP contribution in [0.4, 0.5) is 0 Å². The lowest BCUT2D eigenvalue weighted by Gasteiger charge is -2.37. The summed E-state index contributed by atoms with van der Waals surface area (Å²) in [6, 6.07) is 8.58. The summed E-state index contributed by atoms with van der Waals surface area (Å²) in [4.78, 5) is 17.7. The van der Waals surface area contributed by atoms with Crippen LogP contribution in [0.15, 0.2) is 36.4 Å². The summed E-state index contributed by atoms with van der Waals surface area (Å²) in [6.07, 6.45) is 11.6. The lowest BCUT2D eigenvalue weighted by Crippen LogP contribution is -2.45. The second-order valence-electron chi connectivity index (χ2n) is 8.00. The highest BCUT2D eigenvalue weighted by atomic mass is 16.2. The topological polar surface area (TPSA) is 23.6 Å². The number of hydrogen-bond acceptors (Lipinski definition) is 2. The van der Waals surface area contributed by atoms with Crippen LogP contribution in [0.25, 0.3) is 0 Å². The number of carbonyl (C=O) groups excluding carboxylic acids is 1. The van der Waals surface area contributed by atoms with Gasteiger partial charge in [0.05, 0.1) is 0 Å². The van der Waals surface area contributed by atoms with E-state index >= 15 is 0 Å². The zero-order valence-electron chi connectivity index (χ0n) is 15.2. The van der Waals surface area contributed by atoms with Gasteiger partial charge in [-0.25, -0.2) is 0 Å². The second-order valence-corrected chi connectivity index (χ2v) is 8.00. The van der Waals surface area contributed by atoms with E-state index < -0.39 is 0 Å². The van der Waals surface area contributed by atoms with Crippen LogP contribution in [0.3, 0.4) is 0 Å². The van der Waals surface area contributed by atoms with Gasteiger partial charge in [-0.05, 0) is 68.7 Å². The molecule has 25 heavy (non-hydrogen) atoms. The smallest absolute Gasteiger partial charge is 0.226 e. The molecule has 0 spiro atoms. The van der Waals surface area contributed by atoms with Crippen molar-refractivity contribution in [1.82, 2.24) is 9.80 Å². The number of benzene rings is 1. The van der Waals surface area contributed by atoms with Gasteiger partial charge in [-0.2, -0.15) is 0 Å². The number of allylic oxidation sites excluding steroid dienone is 2. The number of fused-ring (bicyclic) bond motifs is 1. The van der Waals surface area contributed by atoms with Crippen LogP contribution >= 0.6 is 0 Å². The molecular formula is C22H30N2O. The fraction of sp³-hybridized carbons (Fsp3) is 0.591. The quantitative estimate of drug-likeness (QED) is 0.786. The SMILES string of the molecule is O=C(C1CCN(C[C@H]2CC=CCC2)CC1)N1CCc2ccccc2C1. The predicted octanol–water partition coefficient (Wildman–Crippen LogP) is 3.64. The monoisotopic (exact) mass is 338 g/mol. The Bertz CT molecular complexity index is 631. The van der Waals surface area contributed by atoms with Gasteiger partial charge in [0.2, 0.25) is 5.91 Å². The number of hydrogen-bond donors (Lipinski definition) is 0. The van der Waals surface area contributed by atoms with Gasteiger partial charge in [0.25, 0.3) is 0 Å². The number of nitrogens with zero attached hydrogens (tertiary/aromatic N) is 2. The molecular weight excluding hydrogens is 308 g/mol. The van der Waals surface area contributed by atoms with Gasteiger partial charge < -0.3 is 9.80 Å². The molecule has 0 aromatic heterocycles. The molecule has 3 aliphatic rings. The largest absolute Gasteiger partial charge is 0.338 e. The lowest BCUT2D eigenvalue weighted by atomic mass is 9.90. The van der Waals surface area contributed by atoms with E-state index in [1.807, 2.05) is 0 Å². The van der Waals surface area contributed by atoms with Crippen LogP contribution in [0.1, 0.15) is 43.2 Å². The molecule has 1 fully saturated rings. The minimum Gasteiger partial charge on any atom is -0.338 e. The van der Waals surface area contributed by atoms with Crippen molar-refractivity contribution in [2.45, 2.75) is 45.1 Å². The summed E-state index contributed by atoms with van der Waals surface area (Å²) in [5.74, 6) is 1.47. The molecule has 3 heteroatoms. The Hall–Kier alpha value is -1.61. The molecule has 2 aliphatic heterocycles. The zero-order chi connectivity index (χ0) is 17.1. The Kier molecular flexibility index (Phi) is 5.21. The van der Waals surface area contributed by atoms with E-state index in [1.54, 1.807) is 0 Å². The number of piperidine rings is 1. The van der Waals surface area contributed by atoms with Crippen molar-refractivity contribution in [1.29, 1.82) is 0 Å². The highest BCUT2D eigenvalue weighted by molar-refractivity contribution is 5.79. The summed E-state index contributed by atoms with van der Waals surface area (Å²) < 4.78 is 0.